The van der Waals surface area contributed by atoms with Crippen LogP contribution in [-0.2, 0) is 22.6 Å². The maximum atomic E-state index is 13.2. The van der Waals surface area contributed by atoms with Crippen molar-refractivity contribution < 1.29 is 19.4 Å². The fraction of sp³-hybridized carbons (Fsp3) is 0.269. The van der Waals surface area contributed by atoms with E-state index in [1.807, 2.05) is 54.1 Å². The van der Waals surface area contributed by atoms with Gasteiger partial charge in [0.1, 0.15) is 17.6 Å². The Bertz CT molecular complexity index is 1280. The van der Waals surface area contributed by atoms with E-state index in [2.05, 4.69) is 20.9 Å². The predicted octanol–water partition coefficient (Wildman–Crippen LogP) is 4.48. The number of fused-ring (bicyclic) bond motifs is 1. The zero-order chi connectivity index (χ0) is 23.8. The Morgan fingerprint density at radius 2 is 2.06 bits per heavy atom. The van der Waals surface area contributed by atoms with Crippen LogP contribution in [0.1, 0.15) is 36.1 Å². The smallest absolute Gasteiger partial charge is 0.295 e. The normalized spacial score (nSPS) is 21.1. The molecule has 2 atom stereocenters. The van der Waals surface area contributed by atoms with E-state index in [0.29, 0.717) is 25.1 Å². The number of carbonyl (C=O) groups is 2. The Morgan fingerprint density at radius 1 is 1.21 bits per heavy atom. The van der Waals surface area contributed by atoms with Crippen LogP contribution in [0.25, 0.3) is 5.76 Å². The van der Waals surface area contributed by atoms with Crippen LogP contribution in [0.15, 0.2) is 71.2 Å². The van der Waals surface area contributed by atoms with Crippen LogP contribution in [0.3, 0.4) is 0 Å². The minimum Gasteiger partial charge on any atom is -0.507 e. The van der Waals surface area contributed by atoms with Crippen LogP contribution in [0, 0.1) is 0 Å². The van der Waals surface area contributed by atoms with Gasteiger partial charge in [-0.25, -0.2) is 4.98 Å². The van der Waals surface area contributed by atoms with Crippen LogP contribution >= 0.6 is 15.9 Å². The Labute approximate surface area is 205 Å². The summed E-state index contributed by atoms with van der Waals surface area (Å²) < 4.78 is 8.52. The van der Waals surface area contributed by atoms with E-state index >= 15 is 0 Å². The SMILES string of the molecule is C[C@@H]1Cc2cc(C(O)=C3C(=O)C(=O)N(CCCn4ccnc4)[C@@H]3c3cccc(Br)c3)ccc2O1. The first-order chi connectivity index (χ1) is 16.4. The summed E-state index contributed by atoms with van der Waals surface area (Å²) in [4.78, 5) is 31.9. The maximum Gasteiger partial charge on any atom is 0.295 e. The number of ketones is 1. The first-order valence-electron chi connectivity index (χ1n) is 11.2. The first-order valence-corrected chi connectivity index (χ1v) is 12.0. The lowest BCUT2D eigenvalue weighted by Crippen LogP contribution is -2.31. The molecule has 3 aromatic rings. The number of nitrogens with zero attached hydrogens (tertiary/aromatic N) is 3. The number of aliphatic hydroxyl groups excluding tert-OH is 1. The highest BCUT2D eigenvalue weighted by molar-refractivity contribution is 9.10. The lowest BCUT2D eigenvalue weighted by atomic mass is 9.94. The molecule has 0 bridgehead atoms. The number of carbonyl (C=O) groups excluding carboxylic acids is 2. The summed E-state index contributed by atoms with van der Waals surface area (Å²) in [5.41, 5.74) is 2.35. The summed E-state index contributed by atoms with van der Waals surface area (Å²) in [6.45, 7) is 3.02. The molecule has 1 saturated heterocycles. The van der Waals surface area contributed by atoms with Gasteiger partial charge >= 0.3 is 0 Å². The van der Waals surface area contributed by atoms with Gasteiger partial charge < -0.3 is 19.3 Å². The second-order valence-electron chi connectivity index (χ2n) is 8.66. The van der Waals surface area contributed by atoms with Crippen molar-refractivity contribution in [3.63, 3.8) is 0 Å². The van der Waals surface area contributed by atoms with E-state index in [9.17, 15) is 14.7 Å². The molecule has 1 fully saturated rings. The van der Waals surface area contributed by atoms with Gasteiger partial charge in [-0.3, -0.25) is 9.59 Å². The van der Waals surface area contributed by atoms with E-state index < -0.39 is 17.7 Å². The Balaban J connectivity index is 1.53. The quantitative estimate of drug-likeness (QED) is 0.293. The van der Waals surface area contributed by atoms with Crippen molar-refractivity contribution in [3.8, 4) is 5.75 Å². The van der Waals surface area contributed by atoms with Crippen molar-refractivity contribution >= 4 is 33.4 Å². The number of likely N-dealkylation sites (tertiary alicyclic amines) is 1. The van der Waals surface area contributed by atoms with E-state index in [4.69, 9.17) is 4.74 Å². The Morgan fingerprint density at radius 3 is 2.82 bits per heavy atom. The highest BCUT2D eigenvalue weighted by atomic mass is 79.9. The fourth-order valence-electron chi connectivity index (χ4n) is 4.70. The van der Waals surface area contributed by atoms with Crippen LogP contribution in [-0.4, -0.2) is 43.9 Å². The summed E-state index contributed by atoms with van der Waals surface area (Å²) in [5.74, 6) is -0.652. The molecular weight excluding hydrogens is 498 g/mol. The van der Waals surface area contributed by atoms with Crippen LogP contribution in [0.2, 0.25) is 0 Å². The average Bonchev–Trinajstić information content (AvgIpc) is 3.52. The summed E-state index contributed by atoms with van der Waals surface area (Å²) in [6, 6.07) is 12.2. The number of rotatable bonds is 6. The van der Waals surface area contributed by atoms with Gasteiger partial charge in [-0.15, -0.1) is 0 Å². The van der Waals surface area contributed by atoms with Crippen molar-refractivity contribution in [2.45, 2.75) is 38.5 Å². The van der Waals surface area contributed by atoms with Crippen LogP contribution in [0.5, 0.6) is 5.75 Å². The zero-order valence-corrected chi connectivity index (χ0v) is 20.2. The third-order valence-electron chi connectivity index (χ3n) is 6.25. The number of Topliss-reactive ketones (excluding diaryl/α,β-unsaturated/α-hetero) is 1. The molecule has 2 aromatic carbocycles. The molecule has 0 saturated carbocycles. The van der Waals surface area contributed by atoms with E-state index in [1.165, 1.54) is 0 Å². The second kappa shape index (κ2) is 9.10. The number of amides is 1. The van der Waals surface area contributed by atoms with E-state index in [-0.39, 0.29) is 17.4 Å². The van der Waals surface area contributed by atoms with Gasteiger partial charge in [0, 0.05) is 41.9 Å². The number of aliphatic hydroxyl groups is 1. The lowest BCUT2D eigenvalue weighted by molar-refractivity contribution is -0.139. The molecule has 2 aliphatic heterocycles. The minimum atomic E-state index is -0.677. The third-order valence-corrected chi connectivity index (χ3v) is 6.74. The summed E-state index contributed by atoms with van der Waals surface area (Å²) in [6.07, 6.45) is 6.72. The minimum absolute atomic E-state index is 0.0649. The molecular formula is C26H24BrN3O4. The van der Waals surface area contributed by atoms with Crippen molar-refractivity contribution in [1.82, 2.24) is 14.5 Å². The molecule has 5 rings (SSSR count). The molecule has 1 aromatic heterocycles. The fourth-order valence-corrected chi connectivity index (χ4v) is 5.12. The van der Waals surface area contributed by atoms with Gasteiger partial charge in [0.25, 0.3) is 11.7 Å². The first kappa shape index (κ1) is 22.4. The zero-order valence-electron chi connectivity index (χ0n) is 18.6. The molecule has 1 N–H and O–H groups in total. The largest absolute Gasteiger partial charge is 0.507 e. The lowest BCUT2D eigenvalue weighted by Gasteiger charge is -2.25. The number of halogens is 1. The molecule has 0 spiro atoms. The average molecular weight is 522 g/mol. The molecule has 0 unspecified atom stereocenters. The number of ether oxygens (including phenoxy) is 1. The molecule has 8 heteroatoms. The number of aromatic nitrogens is 2. The third kappa shape index (κ3) is 4.14. The Hall–Kier alpha value is -3.39. The van der Waals surface area contributed by atoms with Crippen molar-refractivity contribution in [2.24, 2.45) is 0 Å². The number of hydrogen-bond acceptors (Lipinski definition) is 5. The highest BCUT2D eigenvalue weighted by Gasteiger charge is 2.45. The summed E-state index contributed by atoms with van der Waals surface area (Å²) >= 11 is 3.49. The van der Waals surface area contributed by atoms with Crippen LogP contribution < -0.4 is 4.74 Å². The monoisotopic (exact) mass is 521 g/mol. The molecule has 174 valence electrons. The molecule has 34 heavy (non-hydrogen) atoms. The van der Waals surface area contributed by atoms with Gasteiger partial charge in [0.15, 0.2) is 0 Å². The van der Waals surface area contributed by atoms with Gasteiger partial charge in [-0.1, -0.05) is 28.1 Å². The Kier molecular flexibility index (Phi) is 6.00. The second-order valence-corrected chi connectivity index (χ2v) is 9.57. The summed E-state index contributed by atoms with van der Waals surface area (Å²) in [7, 11) is 0. The molecule has 2 aliphatic rings. The molecule has 0 radical (unpaired) electrons. The molecule has 1 amide bonds. The maximum absolute atomic E-state index is 13.2. The van der Waals surface area contributed by atoms with E-state index in [1.54, 1.807) is 23.5 Å². The van der Waals surface area contributed by atoms with Gasteiger partial charge in [0.2, 0.25) is 0 Å². The van der Waals surface area contributed by atoms with Crippen molar-refractivity contribution in [2.75, 3.05) is 6.54 Å². The number of imidazole rings is 1. The predicted molar refractivity (Wildman–Crippen MR) is 130 cm³/mol. The number of hydrogen-bond donors (Lipinski definition) is 1. The molecule has 3 heterocycles. The van der Waals surface area contributed by atoms with Gasteiger partial charge in [-0.2, -0.15) is 0 Å². The van der Waals surface area contributed by atoms with E-state index in [0.717, 1.165) is 27.8 Å². The number of aryl methyl sites for hydroxylation is 1. The molecule has 0 aliphatic carbocycles. The highest BCUT2D eigenvalue weighted by Crippen LogP contribution is 2.41. The topological polar surface area (TPSA) is 84.7 Å². The standard InChI is InChI=1S/C26H24BrN3O4/c1-16-12-19-13-18(6-7-21(19)34-16)24(31)22-23(17-4-2-5-20(27)14-17)30(26(33)25(22)32)10-3-9-29-11-8-28-15-29/h2,4-8,11,13-16,23,31H,3,9-10,12H2,1H3/t16-,23-/m1/s1. The van der Waals surface area contributed by atoms with Crippen LogP contribution in [0.4, 0.5) is 0 Å². The number of benzene rings is 2. The summed E-state index contributed by atoms with van der Waals surface area (Å²) in [5, 5.41) is 11.3. The van der Waals surface area contributed by atoms with Gasteiger partial charge in [0.05, 0.1) is 17.9 Å². The van der Waals surface area contributed by atoms with Crippen molar-refractivity contribution in [1.29, 1.82) is 0 Å². The van der Waals surface area contributed by atoms with Crippen molar-refractivity contribution in [3.05, 3.63) is 87.9 Å². The molecule has 7 nitrogen and oxygen atoms in total. The van der Waals surface area contributed by atoms with Gasteiger partial charge in [-0.05, 0) is 54.8 Å².